The molecule has 1 heterocycles. The van der Waals surface area contributed by atoms with Crippen molar-refractivity contribution in [3.05, 3.63) is 66.0 Å². The van der Waals surface area contributed by atoms with Gasteiger partial charge in [-0.2, -0.15) is 9.78 Å². The Balaban J connectivity index is 2.22. The standard InChI is InChI=1S/C22H20Br2ClN3O4/c1-11(20(30)31)32-18-12(7-14(25)9-16(18)24)10-26-28-19(29)15-8-13(23)5-6-17(15)27-21(28)22(2,3)4/h5-11H,1-4H3,(H,30,31)/t11-/m0/s1. The number of fused-ring (bicyclic) bond motifs is 1. The maximum Gasteiger partial charge on any atom is 0.344 e. The molecule has 0 spiro atoms. The number of carboxylic acid groups (broad SMARTS) is 1. The fourth-order valence-electron chi connectivity index (χ4n) is 2.89. The lowest BCUT2D eigenvalue weighted by Gasteiger charge is -2.21. The molecular formula is C22H20Br2ClN3O4. The zero-order valence-corrected chi connectivity index (χ0v) is 21.6. The lowest BCUT2D eigenvalue weighted by molar-refractivity contribution is -0.144. The zero-order valence-electron chi connectivity index (χ0n) is 17.7. The average Bonchev–Trinajstić information content (AvgIpc) is 2.68. The molecule has 0 aliphatic rings. The highest BCUT2D eigenvalue weighted by Gasteiger charge is 2.23. The molecule has 0 fully saturated rings. The number of ether oxygens (including phenoxy) is 1. The normalized spacial score (nSPS) is 13.0. The van der Waals surface area contributed by atoms with Crippen LogP contribution in [0.4, 0.5) is 0 Å². The smallest absolute Gasteiger partial charge is 0.344 e. The number of halogens is 3. The van der Waals surface area contributed by atoms with Crippen molar-refractivity contribution in [2.45, 2.75) is 39.2 Å². The molecule has 0 aliphatic carbocycles. The average molecular weight is 586 g/mol. The third-order valence-electron chi connectivity index (χ3n) is 4.47. The van der Waals surface area contributed by atoms with E-state index in [0.29, 0.717) is 31.8 Å². The van der Waals surface area contributed by atoms with Crippen molar-refractivity contribution in [1.82, 2.24) is 9.66 Å². The number of hydrogen-bond acceptors (Lipinski definition) is 5. The van der Waals surface area contributed by atoms with Crippen LogP contribution in [-0.4, -0.2) is 33.1 Å². The molecule has 3 rings (SSSR count). The Morgan fingerprint density at radius 3 is 2.59 bits per heavy atom. The zero-order chi connectivity index (χ0) is 23.8. The van der Waals surface area contributed by atoms with Gasteiger partial charge in [-0.05, 0) is 53.2 Å². The van der Waals surface area contributed by atoms with Crippen molar-refractivity contribution < 1.29 is 14.6 Å². The van der Waals surface area contributed by atoms with E-state index in [9.17, 15) is 14.7 Å². The van der Waals surface area contributed by atoms with E-state index in [2.05, 4.69) is 41.9 Å². The minimum atomic E-state index is -1.12. The summed E-state index contributed by atoms with van der Waals surface area (Å²) in [4.78, 5) is 29.2. The van der Waals surface area contributed by atoms with Gasteiger partial charge in [0.2, 0.25) is 0 Å². The minimum absolute atomic E-state index is 0.245. The Labute approximate surface area is 206 Å². The van der Waals surface area contributed by atoms with Crippen LogP contribution in [0, 0.1) is 0 Å². The van der Waals surface area contributed by atoms with Crippen LogP contribution in [0.1, 0.15) is 39.1 Å². The molecule has 0 radical (unpaired) electrons. The quantitative estimate of drug-likeness (QED) is 0.393. The molecule has 168 valence electrons. The third kappa shape index (κ3) is 5.22. The molecule has 1 aromatic heterocycles. The molecule has 0 amide bonds. The van der Waals surface area contributed by atoms with E-state index < -0.39 is 17.5 Å². The highest BCUT2D eigenvalue weighted by Crippen LogP contribution is 2.33. The maximum absolute atomic E-state index is 13.3. The molecule has 1 N–H and O–H groups in total. The number of aliphatic carboxylic acids is 1. The molecule has 0 unspecified atom stereocenters. The summed E-state index contributed by atoms with van der Waals surface area (Å²) >= 11 is 12.9. The molecular weight excluding hydrogens is 566 g/mol. The Morgan fingerprint density at radius 1 is 1.28 bits per heavy atom. The van der Waals surface area contributed by atoms with E-state index in [4.69, 9.17) is 16.3 Å². The van der Waals surface area contributed by atoms with Crippen molar-refractivity contribution >= 4 is 66.5 Å². The van der Waals surface area contributed by atoms with Gasteiger partial charge in [-0.3, -0.25) is 4.79 Å². The number of nitrogens with zero attached hydrogens (tertiary/aromatic N) is 3. The fourth-order valence-corrected chi connectivity index (χ4v) is 4.18. The summed E-state index contributed by atoms with van der Waals surface area (Å²) in [5.74, 6) is -0.406. The van der Waals surface area contributed by atoms with Crippen LogP contribution in [0.15, 0.2) is 49.2 Å². The second-order valence-corrected chi connectivity index (χ2v) is 10.3. The Hall–Kier alpha value is -2.23. The molecule has 3 aromatic rings. The van der Waals surface area contributed by atoms with Crippen molar-refractivity contribution in [2.24, 2.45) is 5.10 Å². The lowest BCUT2D eigenvalue weighted by Crippen LogP contribution is -2.29. The van der Waals surface area contributed by atoms with Crippen molar-refractivity contribution in [1.29, 1.82) is 0 Å². The summed E-state index contributed by atoms with van der Waals surface area (Å²) in [7, 11) is 0. The first kappa shape index (κ1) is 24.4. The molecule has 0 aliphatic heterocycles. The van der Waals surface area contributed by atoms with Gasteiger partial charge in [0.05, 0.1) is 21.6 Å². The molecule has 1 atom stereocenters. The number of carboxylic acids is 1. The van der Waals surface area contributed by atoms with Crippen molar-refractivity contribution in [2.75, 3.05) is 0 Å². The largest absolute Gasteiger partial charge is 0.479 e. The summed E-state index contributed by atoms with van der Waals surface area (Å²) in [6.45, 7) is 7.22. The van der Waals surface area contributed by atoms with Gasteiger partial charge in [0.25, 0.3) is 5.56 Å². The summed E-state index contributed by atoms with van der Waals surface area (Å²) in [5.41, 5.74) is 0.155. The number of rotatable bonds is 5. The maximum atomic E-state index is 13.3. The molecule has 32 heavy (non-hydrogen) atoms. The monoisotopic (exact) mass is 583 g/mol. The van der Waals surface area contributed by atoms with Crippen LogP contribution in [-0.2, 0) is 10.2 Å². The van der Waals surface area contributed by atoms with Gasteiger partial charge in [0, 0.05) is 20.5 Å². The Kier molecular flexibility index (Phi) is 7.12. The first-order valence-electron chi connectivity index (χ1n) is 9.54. The molecule has 0 saturated heterocycles. The Bertz CT molecular complexity index is 1300. The molecule has 2 aromatic carbocycles. The van der Waals surface area contributed by atoms with E-state index in [1.54, 1.807) is 24.3 Å². The summed E-state index contributed by atoms with van der Waals surface area (Å²) in [6, 6.07) is 8.46. The van der Waals surface area contributed by atoms with Gasteiger partial charge >= 0.3 is 5.97 Å². The highest BCUT2D eigenvalue weighted by atomic mass is 79.9. The summed E-state index contributed by atoms with van der Waals surface area (Å²) in [5, 5.41) is 14.4. The molecule has 10 heteroatoms. The van der Waals surface area contributed by atoms with Gasteiger partial charge in [-0.15, -0.1) is 0 Å². The van der Waals surface area contributed by atoms with Crippen molar-refractivity contribution in [3.63, 3.8) is 0 Å². The van der Waals surface area contributed by atoms with Crippen LogP contribution < -0.4 is 10.3 Å². The predicted molar refractivity (Wildman–Crippen MR) is 132 cm³/mol. The molecule has 0 bridgehead atoms. The summed E-state index contributed by atoms with van der Waals surface area (Å²) < 4.78 is 8.04. The number of carbonyl (C=O) groups is 1. The van der Waals surface area contributed by atoms with Crippen LogP contribution in [0.2, 0.25) is 5.02 Å². The second kappa shape index (κ2) is 9.33. The number of benzene rings is 2. The topological polar surface area (TPSA) is 93.8 Å². The van der Waals surface area contributed by atoms with E-state index in [1.165, 1.54) is 17.8 Å². The van der Waals surface area contributed by atoms with Crippen LogP contribution in [0.25, 0.3) is 10.9 Å². The first-order chi connectivity index (χ1) is 14.9. The van der Waals surface area contributed by atoms with E-state index in [0.717, 1.165) is 4.47 Å². The molecule has 7 nitrogen and oxygen atoms in total. The molecule has 0 saturated carbocycles. The van der Waals surface area contributed by atoms with Crippen LogP contribution in [0.3, 0.4) is 0 Å². The minimum Gasteiger partial charge on any atom is -0.479 e. The fraction of sp³-hybridized carbons (Fsp3) is 0.273. The van der Waals surface area contributed by atoms with E-state index in [-0.39, 0.29) is 11.3 Å². The second-order valence-electron chi connectivity index (χ2n) is 8.11. The van der Waals surface area contributed by atoms with E-state index in [1.807, 2.05) is 26.8 Å². The SMILES string of the molecule is C[C@H](Oc1c(Br)cc(Cl)cc1C=Nn1c(C(C)(C)C)nc2ccc(Br)cc2c1=O)C(=O)O. The third-order valence-corrected chi connectivity index (χ3v) is 5.77. The Morgan fingerprint density at radius 2 is 1.97 bits per heavy atom. The van der Waals surface area contributed by atoms with Gasteiger partial charge in [0.15, 0.2) is 6.10 Å². The van der Waals surface area contributed by atoms with Gasteiger partial charge in [-0.25, -0.2) is 9.78 Å². The van der Waals surface area contributed by atoms with E-state index >= 15 is 0 Å². The lowest BCUT2D eigenvalue weighted by atomic mass is 9.95. The van der Waals surface area contributed by atoms with Gasteiger partial charge < -0.3 is 9.84 Å². The number of aromatic nitrogens is 2. The summed E-state index contributed by atoms with van der Waals surface area (Å²) in [6.07, 6.45) is 0.301. The van der Waals surface area contributed by atoms with Gasteiger partial charge in [0.1, 0.15) is 11.6 Å². The van der Waals surface area contributed by atoms with Gasteiger partial charge in [-0.1, -0.05) is 48.3 Å². The van der Waals surface area contributed by atoms with Crippen molar-refractivity contribution in [3.8, 4) is 5.75 Å². The highest BCUT2D eigenvalue weighted by molar-refractivity contribution is 9.10. The van der Waals surface area contributed by atoms with Crippen LogP contribution in [0.5, 0.6) is 5.75 Å². The first-order valence-corrected chi connectivity index (χ1v) is 11.5. The van der Waals surface area contributed by atoms with Crippen LogP contribution >= 0.6 is 43.5 Å². The predicted octanol–water partition coefficient (Wildman–Crippen LogP) is 5.61. The number of hydrogen-bond donors (Lipinski definition) is 1.